The van der Waals surface area contributed by atoms with Crippen LogP contribution in [-0.2, 0) is 4.79 Å². The smallest absolute Gasteiger partial charge is 0.249 e. The van der Waals surface area contributed by atoms with E-state index < -0.39 is 0 Å². The topological polar surface area (TPSA) is 68.0 Å². The second-order valence-corrected chi connectivity index (χ2v) is 4.27. The van der Waals surface area contributed by atoms with Crippen molar-refractivity contribution in [3.63, 3.8) is 0 Å². The van der Waals surface area contributed by atoms with Crippen molar-refractivity contribution in [1.29, 1.82) is 0 Å². The molecule has 1 aromatic carbocycles. The van der Waals surface area contributed by atoms with E-state index in [1.54, 1.807) is 19.1 Å². The van der Waals surface area contributed by atoms with E-state index in [2.05, 4.69) is 15.5 Å². The van der Waals surface area contributed by atoms with E-state index in [0.717, 1.165) is 0 Å². The molecule has 0 bridgehead atoms. The number of hydrogen-bond acceptors (Lipinski definition) is 4. The molecule has 1 atom stereocenters. The van der Waals surface area contributed by atoms with Crippen molar-refractivity contribution in [1.82, 2.24) is 15.5 Å². The molecule has 0 aliphatic rings. The summed E-state index contributed by atoms with van der Waals surface area (Å²) in [6.45, 7) is 3.20. The molecule has 1 amide bonds. The molecule has 5 nitrogen and oxygen atoms in total. The molecule has 94 valence electrons. The molecule has 2 aromatic rings. The van der Waals surface area contributed by atoms with Gasteiger partial charge in [0.2, 0.25) is 17.6 Å². The summed E-state index contributed by atoms with van der Waals surface area (Å²) in [4.78, 5) is 15.2. The van der Waals surface area contributed by atoms with E-state index in [1.165, 1.54) is 6.92 Å². The Morgan fingerprint density at radius 3 is 2.83 bits per heavy atom. The zero-order valence-electron chi connectivity index (χ0n) is 9.98. The second kappa shape index (κ2) is 5.18. The number of nitrogens with one attached hydrogen (secondary N) is 1. The second-order valence-electron chi connectivity index (χ2n) is 3.86. The van der Waals surface area contributed by atoms with Gasteiger partial charge < -0.3 is 9.84 Å². The molecule has 1 N–H and O–H groups in total. The molecule has 0 saturated carbocycles. The minimum Gasteiger partial charge on any atom is -0.345 e. The van der Waals surface area contributed by atoms with E-state index in [-0.39, 0.29) is 11.9 Å². The first-order chi connectivity index (χ1) is 8.58. The van der Waals surface area contributed by atoms with Crippen LogP contribution in [0.2, 0.25) is 5.02 Å². The van der Waals surface area contributed by atoms with Gasteiger partial charge in [-0.05, 0) is 19.1 Å². The summed E-state index contributed by atoms with van der Waals surface area (Å²) in [5.74, 6) is 0.605. The standard InChI is InChI=1S/C12H12ClN3O2/c1-7(14-8(2)17)12-15-11(16-18-12)9-5-3-4-6-10(9)13/h3-7H,1-2H3,(H,14,17)/t7-/m0/s1. The Morgan fingerprint density at radius 2 is 2.17 bits per heavy atom. The third-order valence-electron chi connectivity index (χ3n) is 2.35. The predicted octanol–water partition coefficient (Wildman–Crippen LogP) is 2.59. The monoisotopic (exact) mass is 265 g/mol. The lowest BCUT2D eigenvalue weighted by molar-refractivity contribution is -0.119. The molecular formula is C12H12ClN3O2. The summed E-state index contributed by atoms with van der Waals surface area (Å²) >= 11 is 6.04. The van der Waals surface area contributed by atoms with Crippen LogP contribution in [0.3, 0.4) is 0 Å². The van der Waals surface area contributed by atoms with Crippen molar-refractivity contribution in [2.24, 2.45) is 0 Å². The Hall–Kier alpha value is -1.88. The first-order valence-corrected chi connectivity index (χ1v) is 5.81. The van der Waals surface area contributed by atoms with Crippen molar-refractivity contribution < 1.29 is 9.32 Å². The zero-order valence-corrected chi connectivity index (χ0v) is 10.7. The van der Waals surface area contributed by atoms with Crippen LogP contribution in [0.25, 0.3) is 11.4 Å². The van der Waals surface area contributed by atoms with E-state index in [0.29, 0.717) is 22.3 Å². The number of benzene rings is 1. The normalized spacial score (nSPS) is 12.2. The molecule has 1 heterocycles. The molecule has 0 spiro atoms. The van der Waals surface area contributed by atoms with Gasteiger partial charge in [0, 0.05) is 12.5 Å². The van der Waals surface area contributed by atoms with Gasteiger partial charge in [0.05, 0.1) is 5.02 Å². The summed E-state index contributed by atoms with van der Waals surface area (Å²) in [6.07, 6.45) is 0. The van der Waals surface area contributed by atoms with E-state index in [1.807, 2.05) is 12.1 Å². The maximum absolute atomic E-state index is 10.9. The summed E-state index contributed by atoms with van der Waals surface area (Å²) < 4.78 is 5.10. The molecule has 6 heteroatoms. The van der Waals surface area contributed by atoms with Gasteiger partial charge in [-0.3, -0.25) is 4.79 Å². The fourth-order valence-electron chi connectivity index (χ4n) is 1.53. The number of carbonyl (C=O) groups excluding carboxylic acids is 1. The highest BCUT2D eigenvalue weighted by Crippen LogP contribution is 2.25. The zero-order chi connectivity index (χ0) is 13.1. The lowest BCUT2D eigenvalue weighted by Crippen LogP contribution is -2.23. The lowest BCUT2D eigenvalue weighted by Gasteiger charge is -2.05. The summed E-state index contributed by atoms with van der Waals surface area (Å²) in [7, 11) is 0. The molecule has 0 saturated heterocycles. The average Bonchev–Trinajstić information content (AvgIpc) is 2.78. The molecule has 0 radical (unpaired) electrons. The third-order valence-corrected chi connectivity index (χ3v) is 2.68. The molecular weight excluding hydrogens is 254 g/mol. The summed E-state index contributed by atoms with van der Waals surface area (Å²) in [5, 5.41) is 7.08. The Labute approximate surface area is 109 Å². The summed E-state index contributed by atoms with van der Waals surface area (Å²) in [5.41, 5.74) is 0.698. The Bertz CT molecular complexity index is 568. The van der Waals surface area contributed by atoms with Crippen LogP contribution >= 0.6 is 11.6 Å². The van der Waals surface area contributed by atoms with Gasteiger partial charge in [-0.1, -0.05) is 28.9 Å². The maximum atomic E-state index is 10.9. The van der Waals surface area contributed by atoms with Crippen molar-refractivity contribution >= 4 is 17.5 Å². The minimum atomic E-state index is -0.328. The predicted molar refractivity (Wildman–Crippen MR) is 67.0 cm³/mol. The number of carbonyl (C=O) groups is 1. The molecule has 0 aliphatic carbocycles. The maximum Gasteiger partial charge on any atom is 0.249 e. The van der Waals surface area contributed by atoms with Gasteiger partial charge in [0.15, 0.2) is 0 Å². The molecule has 18 heavy (non-hydrogen) atoms. The number of halogens is 1. The quantitative estimate of drug-likeness (QED) is 0.926. The first kappa shape index (κ1) is 12.6. The van der Waals surface area contributed by atoms with Crippen molar-refractivity contribution in [3.05, 3.63) is 35.2 Å². The molecule has 1 aromatic heterocycles. The Morgan fingerprint density at radius 1 is 1.44 bits per heavy atom. The summed E-state index contributed by atoms with van der Waals surface area (Å²) in [6, 6.07) is 6.90. The van der Waals surface area contributed by atoms with Gasteiger partial charge in [0.25, 0.3) is 0 Å². The van der Waals surface area contributed by atoms with Gasteiger partial charge in [0.1, 0.15) is 6.04 Å². The fourth-order valence-corrected chi connectivity index (χ4v) is 1.75. The third kappa shape index (κ3) is 2.68. The highest BCUT2D eigenvalue weighted by molar-refractivity contribution is 6.33. The van der Waals surface area contributed by atoms with Crippen LogP contribution in [0.1, 0.15) is 25.8 Å². The van der Waals surface area contributed by atoms with E-state index in [9.17, 15) is 4.79 Å². The van der Waals surface area contributed by atoms with Gasteiger partial charge in [-0.2, -0.15) is 4.98 Å². The Kier molecular flexibility index (Phi) is 3.62. The lowest BCUT2D eigenvalue weighted by atomic mass is 10.2. The van der Waals surface area contributed by atoms with Crippen LogP contribution in [-0.4, -0.2) is 16.0 Å². The van der Waals surface area contributed by atoms with E-state index >= 15 is 0 Å². The molecule has 0 fully saturated rings. The number of amides is 1. The Balaban J connectivity index is 2.26. The minimum absolute atomic E-state index is 0.153. The van der Waals surface area contributed by atoms with Gasteiger partial charge in [-0.25, -0.2) is 0 Å². The number of aromatic nitrogens is 2. The van der Waals surface area contributed by atoms with Gasteiger partial charge in [-0.15, -0.1) is 0 Å². The van der Waals surface area contributed by atoms with Crippen LogP contribution < -0.4 is 5.32 Å². The first-order valence-electron chi connectivity index (χ1n) is 5.43. The van der Waals surface area contributed by atoms with Crippen LogP contribution in [0.5, 0.6) is 0 Å². The molecule has 2 rings (SSSR count). The van der Waals surface area contributed by atoms with Crippen LogP contribution in [0.4, 0.5) is 0 Å². The largest absolute Gasteiger partial charge is 0.345 e. The molecule has 0 unspecified atom stereocenters. The average molecular weight is 266 g/mol. The van der Waals surface area contributed by atoms with Crippen molar-refractivity contribution in [2.75, 3.05) is 0 Å². The molecule has 0 aliphatic heterocycles. The highest BCUT2D eigenvalue weighted by Gasteiger charge is 2.16. The SMILES string of the molecule is CC(=O)N[C@@H](C)c1nc(-c2ccccc2Cl)no1. The van der Waals surface area contributed by atoms with E-state index in [4.69, 9.17) is 16.1 Å². The highest BCUT2D eigenvalue weighted by atomic mass is 35.5. The fraction of sp³-hybridized carbons (Fsp3) is 0.250. The number of rotatable bonds is 3. The van der Waals surface area contributed by atoms with Crippen molar-refractivity contribution in [3.8, 4) is 11.4 Å². The van der Waals surface area contributed by atoms with Gasteiger partial charge >= 0.3 is 0 Å². The van der Waals surface area contributed by atoms with Crippen LogP contribution in [0, 0.1) is 0 Å². The number of hydrogen-bond donors (Lipinski definition) is 1. The number of nitrogens with zero attached hydrogens (tertiary/aromatic N) is 2. The van der Waals surface area contributed by atoms with Crippen LogP contribution in [0.15, 0.2) is 28.8 Å². The van der Waals surface area contributed by atoms with Crippen molar-refractivity contribution in [2.45, 2.75) is 19.9 Å².